The minimum absolute atomic E-state index is 0.170. The number of furan rings is 1. The second kappa shape index (κ2) is 5.90. The maximum absolute atomic E-state index is 11.7. The highest BCUT2D eigenvalue weighted by molar-refractivity contribution is 9.10. The third kappa shape index (κ3) is 3.11. The summed E-state index contributed by atoms with van der Waals surface area (Å²) in [6.07, 6.45) is 1.50. The van der Waals surface area contributed by atoms with E-state index in [4.69, 9.17) is 13.9 Å². The largest absolute Gasteiger partial charge is 0.454 e. The molecule has 1 aliphatic rings. The van der Waals surface area contributed by atoms with Crippen molar-refractivity contribution in [1.29, 1.82) is 0 Å². The Morgan fingerprint density at radius 1 is 1.24 bits per heavy atom. The predicted molar refractivity (Wildman–Crippen MR) is 81.7 cm³/mol. The van der Waals surface area contributed by atoms with Crippen LogP contribution in [0.15, 0.2) is 42.9 Å². The molecule has 2 aromatic rings. The van der Waals surface area contributed by atoms with Crippen molar-refractivity contribution in [2.45, 2.75) is 0 Å². The summed E-state index contributed by atoms with van der Waals surface area (Å²) in [7, 11) is 0. The van der Waals surface area contributed by atoms with Gasteiger partial charge in [0.05, 0.1) is 6.21 Å². The SMILES string of the molecule is O=C(NN=Cc1cc2c(cc1Br)OCO2)c1ccc(Br)o1. The minimum Gasteiger partial charge on any atom is -0.454 e. The number of carbonyl (C=O) groups excluding carboxylic acids is 1. The Balaban J connectivity index is 1.70. The number of nitrogens with zero attached hydrogens (tertiary/aromatic N) is 1. The number of fused-ring (bicyclic) bond motifs is 1. The van der Waals surface area contributed by atoms with Crippen molar-refractivity contribution in [3.8, 4) is 11.5 Å². The molecule has 3 rings (SSSR count). The molecule has 0 aliphatic carbocycles. The van der Waals surface area contributed by atoms with Gasteiger partial charge in [-0.15, -0.1) is 0 Å². The number of ether oxygens (including phenoxy) is 2. The van der Waals surface area contributed by atoms with Gasteiger partial charge in [-0.2, -0.15) is 5.10 Å². The van der Waals surface area contributed by atoms with Gasteiger partial charge in [0, 0.05) is 10.0 Å². The lowest BCUT2D eigenvalue weighted by Gasteiger charge is -2.01. The van der Waals surface area contributed by atoms with E-state index in [9.17, 15) is 4.79 Å². The molecule has 0 radical (unpaired) electrons. The number of hydrogen-bond acceptors (Lipinski definition) is 5. The van der Waals surface area contributed by atoms with E-state index < -0.39 is 5.91 Å². The van der Waals surface area contributed by atoms with Crippen LogP contribution in [-0.2, 0) is 0 Å². The maximum atomic E-state index is 11.7. The molecule has 1 amide bonds. The van der Waals surface area contributed by atoms with Crippen molar-refractivity contribution in [3.63, 3.8) is 0 Å². The number of amides is 1. The normalized spacial score (nSPS) is 12.9. The first-order valence-electron chi connectivity index (χ1n) is 5.81. The van der Waals surface area contributed by atoms with E-state index in [2.05, 4.69) is 42.4 Å². The molecule has 21 heavy (non-hydrogen) atoms. The van der Waals surface area contributed by atoms with Crippen LogP contribution in [0.1, 0.15) is 16.1 Å². The van der Waals surface area contributed by atoms with Gasteiger partial charge >= 0.3 is 5.91 Å². The summed E-state index contributed by atoms with van der Waals surface area (Å²) in [5.41, 5.74) is 3.13. The molecule has 2 heterocycles. The summed E-state index contributed by atoms with van der Waals surface area (Å²) in [5, 5.41) is 3.89. The van der Waals surface area contributed by atoms with E-state index in [1.54, 1.807) is 24.3 Å². The minimum atomic E-state index is -0.436. The van der Waals surface area contributed by atoms with Crippen molar-refractivity contribution in [3.05, 3.63) is 44.7 Å². The zero-order valence-corrected chi connectivity index (χ0v) is 13.6. The fourth-order valence-electron chi connectivity index (χ4n) is 1.68. The molecule has 0 spiro atoms. The van der Waals surface area contributed by atoms with E-state index in [-0.39, 0.29) is 12.6 Å². The lowest BCUT2D eigenvalue weighted by atomic mass is 10.2. The average molecular weight is 416 g/mol. The van der Waals surface area contributed by atoms with E-state index in [1.165, 1.54) is 6.21 Å². The first-order chi connectivity index (χ1) is 10.1. The smallest absolute Gasteiger partial charge is 0.307 e. The van der Waals surface area contributed by atoms with Gasteiger partial charge in [0.25, 0.3) is 0 Å². The zero-order valence-electron chi connectivity index (χ0n) is 10.4. The summed E-state index contributed by atoms with van der Waals surface area (Å²) >= 11 is 6.53. The van der Waals surface area contributed by atoms with Crippen molar-refractivity contribution in [2.24, 2.45) is 5.10 Å². The van der Waals surface area contributed by atoms with Crippen LogP contribution in [0.5, 0.6) is 11.5 Å². The molecule has 1 aromatic heterocycles. The van der Waals surface area contributed by atoms with Gasteiger partial charge in [-0.1, -0.05) is 0 Å². The van der Waals surface area contributed by atoms with E-state index in [0.717, 1.165) is 10.0 Å². The Kier molecular flexibility index (Phi) is 3.98. The average Bonchev–Trinajstić information content (AvgIpc) is 3.07. The Morgan fingerprint density at radius 3 is 2.71 bits per heavy atom. The highest BCUT2D eigenvalue weighted by Gasteiger charge is 2.15. The lowest BCUT2D eigenvalue weighted by molar-refractivity contribution is 0.0926. The fraction of sp³-hybridized carbons (Fsp3) is 0.0769. The topological polar surface area (TPSA) is 73.1 Å². The van der Waals surface area contributed by atoms with Gasteiger partial charge < -0.3 is 13.9 Å². The molecule has 8 heteroatoms. The molecule has 0 saturated heterocycles. The third-order valence-corrected chi connectivity index (χ3v) is 3.77. The van der Waals surface area contributed by atoms with Crippen molar-refractivity contribution >= 4 is 44.0 Å². The Bertz CT molecular complexity index is 727. The van der Waals surface area contributed by atoms with Crippen LogP contribution >= 0.6 is 31.9 Å². The van der Waals surface area contributed by atoms with Crippen molar-refractivity contribution in [2.75, 3.05) is 6.79 Å². The molecular formula is C13H8Br2N2O4. The van der Waals surface area contributed by atoms with Crippen LogP contribution in [0, 0.1) is 0 Å². The summed E-state index contributed by atoms with van der Waals surface area (Å²) in [4.78, 5) is 11.7. The summed E-state index contributed by atoms with van der Waals surface area (Å²) in [6, 6.07) is 6.74. The second-order valence-electron chi connectivity index (χ2n) is 4.03. The highest BCUT2D eigenvalue weighted by atomic mass is 79.9. The number of carbonyl (C=O) groups is 1. The lowest BCUT2D eigenvalue weighted by Crippen LogP contribution is -2.16. The van der Waals surface area contributed by atoms with E-state index >= 15 is 0 Å². The molecule has 6 nitrogen and oxygen atoms in total. The molecule has 0 unspecified atom stereocenters. The van der Waals surface area contributed by atoms with Crippen LogP contribution in [0.4, 0.5) is 0 Å². The van der Waals surface area contributed by atoms with E-state index in [0.29, 0.717) is 16.2 Å². The van der Waals surface area contributed by atoms with Gasteiger partial charge in [-0.3, -0.25) is 4.79 Å². The first kappa shape index (κ1) is 14.2. The van der Waals surface area contributed by atoms with Gasteiger partial charge in [0.1, 0.15) is 0 Å². The standard InChI is InChI=1S/C13H8Br2N2O4/c14-8-4-11-10(19-6-20-11)3-7(8)5-16-17-13(18)9-1-2-12(15)21-9/h1-5H,6H2,(H,17,18). The van der Waals surface area contributed by atoms with Crippen LogP contribution in [-0.4, -0.2) is 18.9 Å². The Hall–Kier alpha value is -1.80. The van der Waals surface area contributed by atoms with Gasteiger partial charge in [0.15, 0.2) is 21.9 Å². The molecule has 1 aromatic carbocycles. The van der Waals surface area contributed by atoms with Crippen LogP contribution in [0.25, 0.3) is 0 Å². The van der Waals surface area contributed by atoms with Gasteiger partial charge in [-0.25, -0.2) is 5.43 Å². The van der Waals surface area contributed by atoms with Crippen LogP contribution in [0.2, 0.25) is 0 Å². The van der Waals surface area contributed by atoms with Gasteiger partial charge in [-0.05, 0) is 56.1 Å². The monoisotopic (exact) mass is 414 g/mol. The first-order valence-corrected chi connectivity index (χ1v) is 7.40. The fourth-order valence-corrected chi connectivity index (χ4v) is 2.41. The molecular weight excluding hydrogens is 408 g/mol. The Morgan fingerprint density at radius 2 is 2.00 bits per heavy atom. The Labute approximate surface area is 136 Å². The number of benzene rings is 1. The number of nitrogens with one attached hydrogen (secondary N) is 1. The van der Waals surface area contributed by atoms with Gasteiger partial charge in [0.2, 0.25) is 6.79 Å². The van der Waals surface area contributed by atoms with Crippen LogP contribution in [0.3, 0.4) is 0 Å². The maximum Gasteiger partial charge on any atom is 0.307 e. The number of hydrogen-bond donors (Lipinski definition) is 1. The molecule has 0 fully saturated rings. The molecule has 0 atom stereocenters. The summed E-state index contributed by atoms with van der Waals surface area (Å²) in [6.45, 7) is 0.201. The van der Waals surface area contributed by atoms with E-state index in [1.807, 2.05) is 0 Å². The molecule has 108 valence electrons. The number of hydrazone groups is 1. The second-order valence-corrected chi connectivity index (χ2v) is 5.67. The van der Waals surface area contributed by atoms with Crippen LogP contribution < -0.4 is 14.9 Å². The number of halogens is 2. The predicted octanol–water partition coefficient (Wildman–Crippen LogP) is 3.30. The summed E-state index contributed by atoms with van der Waals surface area (Å²) in [5.74, 6) is 1.04. The molecule has 1 aliphatic heterocycles. The summed E-state index contributed by atoms with van der Waals surface area (Å²) < 4.78 is 16.9. The van der Waals surface area contributed by atoms with Crippen molar-refractivity contribution in [1.82, 2.24) is 5.43 Å². The zero-order chi connectivity index (χ0) is 14.8. The molecule has 0 saturated carbocycles. The molecule has 1 N–H and O–H groups in total. The van der Waals surface area contributed by atoms with Crippen molar-refractivity contribution < 1.29 is 18.7 Å². The highest BCUT2D eigenvalue weighted by Crippen LogP contribution is 2.36. The third-order valence-electron chi connectivity index (χ3n) is 2.66. The quantitative estimate of drug-likeness (QED) is 0.616. The number of rotatable bonds is 3. The molecule has 0 bridgehead atoms.